The van der Waals surface area contributed by atoms with E-state index in [1.54, 1.807) is 12.1 Å². The van der Waals surface area contributed by atoms with Crippen molar-refractivity contribution < 1.29 is 9.84 Å². The summed E-state index contributed by atoms with van der Waals surface area (Å²) in [5, 5.41) is 10.2. The molecule has 1 atom stereocenters. The number of hydrogen-bond donors (Lipinski definition) is 2. The number of nitrogens with two attached hydrogens (primary N) is 1. The van der Waals surface area contributed by atoms with Gasteiger partial charge in [0, 0.05) is 30.7 Å². The molecule has 0 saturated carbocycles. The maximum Gasteiger partial charge on any atom is 0.180 e. The molecule has 2 aromatic rings. The predicted molar refractivity (Wildman–Crippen MR) is 78.6 cm³/mol. The van der Waals surface area contributed by atoms with Crippen LogP contribution in [0.4, 0.5) is 5.13 Å². The average Bonchev–Trinajstić information content (AvgIpc) is 2.84. The van der Waals surface area contributed by atoms with Crippen LogP contribution >= 0.6 is 11.3 Å². The van der Waals surface area contributed by atoms with Crippen LogP contribution in [0.15, 0.2) is 30.5 Å². The normalized spacial score (nSPS) is 20.1. The average molecular weight is 291 g/mol. The molecular formula is C14H17N3O2S. The highest BCUT2D eigenvalue weighted by molar-refractivity contribution is 7.15. The highest BCUT2D eigenvalue weighted by Crippen LogP contribution is 2.26. The Balaban J connectivity index is 1.67. The van der Waals surface area contributed by atoms with Crippen LogP contribution in [0.1, 0.15) is 16.5 Å². The molecule has 1 saturated heterocycles. The zero-order valence-corrected chi connectivity index (χ0v) is 11.8. The zero-order chi connectivity index (χ0) is 13.9. The molecule has 6 heteroatoms. The third kappa shape index (κ3) is 3.09. The van der Waals surface area contributed by atoms with Gasteiger partial charge in [0.1, 0.15) is 5.75 Å². The largest absolute Gasteiger partial charge is 0.508 e. The zero-order valence-electron chi connectivity index (χ0n) is 11.0. The van der Waals surface area contributed by atoms with Crippen LogP contribution in [0, 0.1) is 0 Å². The lowest BCUT2D eigenvalue weighted by Crippen LogP contribution is -2.37. The number of aromatic nitrogens is 1. The Morgan fingerprint density at radius 2 is 2.40 bits per heavy atom. The summed E-state index contributed by atoms with van der Waals surface area (Å²) in [5.74, 6) is 0.276. The van der Waals surface area contributed by atoms with Crippen LogP contribution in [-0.2, 0) is 11.3 Å². The number of aromatic hydroxyl groups is 1. The van der Waals surface area contributed by atoms with Crippen molar-refractivity contribution >= 4 is 16.5 Å². The van der Waals surface area contributed by atoms with Crippen LogP contribution in [0.2, 0.25) is 0 Å². The van der Waals surface area contributed by atoms with E-state index in [2.05, 4.69) is 9.88 Å². The number of morpholine rings is 1. The van der Waals surface area contributed by atoms with E-state index in [9.17, 15) is 5.11 Å². The van der Waals surface area contributed by atoms with Gasteiger partial charge in [0.2, 0.25) is 0 Å². The van der Waals surface area contributed by atoms with Gasteiger partial charge in [-0.15, -0.1) is 11.3 Å². The molecule has 3 rings (SSSR count). The molecular weight excluding hydrogens is 274 g/mol. The van der Waals surface area contributed by atoms with E-state index in [1.807, 2.05) is 18.3 Å². The molecule has 20 heavy (non-hydrogen) atoms. The van der Waals surface area contributed by atoms with E-state index in [0.29, 0.717) is 11.7 Å². The van der Waals surface area contributed by atoms with Gasteiger partial charge in [-0.05, 0) is 17.7 Å². The first-order valence-electron chi connectivity index (χ1n) is 6.54. The van der Waals surface area contributed by atoms with E-state index in [0.717, 1.165) is 25.2 Å². The number of nitrogens with zero attached hydrogens (tertiary/aromatic N) is 2. The molecule has 1 aromatic carbocycles. The lowest BCUT2D eigenvalue weighted by Gasteiger charge is -2.32. The lowest BCUT2D eigenvalue weighted by molar-refractivity contribution is -0.0327. The second-order valence-corrected chi connectivity index (χ2v) is 6.00. The van der Waals surface area contributed by atoms with Crippen molar-refractivity contribution in [3.05, 3.63) is 40.9 Å². The van der Waals surface area contributed by atoms with Crippen LogP contribution in [0.25, 0.3) is 0 Å². The lowest BCUT2D eigenvalue weighted by atomic mass is 10.1. The van der Waals surface area contributed by atoms with Gasteiger partial charge in [0.15, 0.2) is 5.13 Å². The second-order valence-electron chi connectivity index (χ2n) is 4.85. The maximum atomic E-state index is 9.56. The quantitative estimate of drug-likeness (QED) is 0.905. The summed E-state index contributed by atoms with van der Waals surface area (Å²) in [5.41, 5.74) is 6.67. The van der Waals surface area contributed by atoms with Crippen molar-refractivity contribution in [1.82, 2.24) is 9.88 Å². The second kappa shape index (κ2) is 5.78. The summed E-state index contributed by atoms with van der Waals surface area (Å²) in [6.45, 7) is 3.23. The minimum absolute atomic E-state index is 0.00104. The summed E-state index contributed by atoms with van der Waals surface area (Å²) in [6, 6.07) is 7.26. The van der Waals surface area contributed by atoms with Crippen molar-refractivity contribution in [2.24, 2.45) is 0 Å². The number of anilines is 1. The molecule has 1 aromatic heterocycles. The Bertz CT molecular complexity index is 587. The number of thiazole rings is 1. The SMILES string of the molecule is Nc1ncc(CN2CCOC(c3cccc(O)c3)C2)s1. The Kier molecular flexibility index (Phi) is 3.86. The van der Waals surface area contributed by atoms with Crippen LogP contribution in [0.3, 0.4) is 0 Å². The molecule has 0 spiro atoms. The summed E-state index contributed by atoms with van der Waals surface area (Å²) < 4.78 is 5.80. The van der Waals surface area contributed by atoms with E-state index < -0.39 is 0 Å². The number of benzene rings is 1. The van der Waals surface area contributed by atoms with Gasteiger partial charge < -0.3 is 15.6 Å². The third-order valence-electron chi connectivity index (χ3n) is 3.34. The van der Waals surface area contributed by atoms with Gasteiger partial charge in [-0.25, -0.2) is 4.98 Å². The van der Waals surface area contributed by atoms with Crippen molar-refractivity contribution in [3.63, 3.8) is 0 Å². The first kappa shape index (κ1) is 13.4. The fourth-order valence-electron chi connectivity index (χ4n) is 2.39. The highest BCUT2D eigenvalue weighted by atomic mass is 32.1. The third-order valence-corrected chi connectivity index (χ3v) is 4.15. The van der Waals surface area contributed by atoms with Gasteiger partial charge in [-0.1, -0.05) is 12.1 Å². The number of rotatable bonds is 3. The van der Waals surface area contributed by atoms with Gasteiger partial charge in [-0.3, -0.25) is 4.90 Å². The monoisotopic (exact) mass is 291 g/mol. The molecule has 3 N–H and O–H groups in total. The molecule has 0 bridgehead atoms. The topological polar surface area (TPSA) is 71.6 Å². The smallest absolute Gasteiger partial charge is 0.180 e. The van der Waals surface area contributed by atoms with Gasteiger partial charge in [0.25, 0.3) is 0 Å². The summed E-state index contributed by atoms with van der Waals surface area (Å²) >= 11 is 1.53. The molecule has 0 radical (unpaired) electrons. The minimum Gasteiger partial charge on any atom is -0.508 e. The van der Waals surface area contributed by atoms with E-state index in [1.165, 1.54) is 16.2 Å². The molecule has 1 aliphatic heterocycles. The molecule has 106 valence electrons. The van der Waals surface area contributed by atoms with Gasteiger partial charge >= 0.3 is 0 Å². The van der Waals surface area contributed by atoms with Crippen molar-refractivity contribution in [2.75, 3.05) is 25.4 Å². The number of phenolic OH excluding ortho intramolecular Hbond substituents is 1. The van der Waals surface area contributed by atoms with Crippen molar-refractivity contribution in [3.8, 4) is 5.75 Å². The van der Waals surface area contributed by atoms with Crippen LogP contribution in [0.5, 0.6) is 5.75 Å². The molecule has 2 heterocycles. The molecule has 0 aliphatic carbocycles. The maximum absolute atomic E-state index is 9.56. The summed E-state index contributed by atoms with van der Waals surface area (Å²) in [7, 11) is 0. The van der Waals surface area contributed by atoms with Crippen molar-refractivity contribution in [2.45, 2.75) is 12.6 Å². The molecule has 1 unspecified atom stereocenters. The van der Waals surface area contributed by atoms with Gasteiger partial charge in [0.05, 0.1) is 12.7 Å². The molecule has 1 fully saturated rings. The Hall–Kier alpha value is -1.63. The summed E-state index contributed by atoms with van der Waals surface area (Å²) in [6.07, 6.45) is 1.83. The minimum atomic E-state index is 0.00104. The fraction of sp³-hybridized carbons (Fsp3) is 0.357. The standard InChI is InChI=1S/C14H17N3O2S/c15-14-16-7-12(20-14)8-17-4-5-19-13(9-17)10-2-1-3-11(18)6-10/h1-3,6-7,13,18H,4-5,8-9H2,(H2,15,16). The number of ether oxygens (including phenoxy) is 1. The molecule has 0 amide bonds. The number of nitrogen functional groups attached to an aromatic ring is 1. The summed E-state index contributed by atoms with van der Waals surface area (Å²) in [4.78, 5) is 7.57. The van der Waals surface area contributed by atoms with E-state index >= 15 is 0 Å². The first-order valence-corrected chi connectivity index (χ1v) is 7.35. The van der Waals surface area contributed by atoms with E-state index in [-0.39, 0.29) is 11.9 Å². The van der Waals surface area contributed by atoms with Crippen LogP contribution < -0.4 is 5.73 Å². The Labute approximate surface area is 121 Å². The fourth-order valence-corrected chi connectivity index (χ4v) is 3.12. The Morgan fingerprint density at radius 3 is 3.15 bits per heavy atom. The molecule has 1 aliphatic rings. The number of phenols is 1. The van der Waals surface area contributed by atoms with Crippen LogP contribution in [-0.4, -0.2) is 34.7 Å². The van der Waals surface area contributed by atoms with E-state index in [4.69, 9.17) is 10.5 Å². The first-order chi connectivity index (χ1) is 9.70. The van der Waals surface area contributed by atoms with Gasteiger partial charge in [-0.2, -0.15) is 0 Å². The number of hydrogen-bond acceptors (Lipinski definition) is 6. The highest BCUT2D eigenvalue weighted by Gasteiger charge is 2.22. The Morgan fingerprint density at radius 1 is 1.50 bits per heavy atom. The predicted octanol–water partition coefficient (Wildman–Crippen LogP) is 2.00. The van der Waals surface area contributed by atoms with Crippen molar-refractivity contribution in [1.29, 1.82) is 0 Å². The molecule has 5 nitrogen and oxygen atoms in total.